The van der Waals surface area contributed by atoms with E-state index in [0.29, 0.717) is 12.7 Å². The summed E-state index contributed by atoms with van der Waals surface area (Å²) in [5.74, 6) is -1.36. The van der Waals surface area contributed by atoms with E-state index in [2.05, 4.69) is 18.8 Å². The summed E-state index contributed by atoms with van der Waals surface area (Å²) in [6, 6.07) is -0.832. The number of nitrogens with one attached hydrogen (secondary N) is 1. The third kappa shape index (κ3) is 47.3. The van der Waals surface area contributed by atoms with Crippen molar-refractivity contribution in [3.8, 4) is 0 Å². The van der Waals surface area contributed by atoms with E-state index in [4.69, 9.17) is 10.2 Å². The minimum atomic E-state index is -0.996. The van der Waals surface area contributed by atoms with Crippen molar-refractivity contribution in [2.45, 2.75) is 157 Å². The van der Waals surface area contributed by atoms with Crippen LogP contribution in [0.25, 0.3) is 0 Å². The molecule has 0 fully saturated rings. The molecule has 1 atom stereocenters. The van der Waals surface area contributed by atoms with Gasteiger partial charge in [0.25, 0.3) is 0 Å². The number of carboxylic acid groups (broad SMARTS) is 1. The van der Waals surface area contributed by atoms with Gasteiger partial charge >= 0.3 is 5.97 Å². The lowest BCUT2D eigenvalue weighted by Crippen LogP contribution is -2.40. The maximum Gasteiger partial charge on any atom is 0.326 e. The number of carbonyl (C=O) groups excluding carboxylic acids is 2. The molecule has 6 heteroatoms. The first-order chi connectivity index (χ1) is 18.5. The highest BCUT2D eigenvalue weighted by atomic mass is 16.4. The van der Waals surface area contributed by atoms with Crippen molar-refractivity contribution in [1.82, 2.24) is 5.32 Å². The fourth-order valence-corrected chi connectivity index (χ4v) is 3.39. The second kappa shape index (κ2) is 48.2. The van der Waals surface area contributed by atoms with Crippen LogP contribution in [0.5, 0.6) is 0 Å². The normalized spacial score (nSPS) is 10.1. The van der Waals surface area contributed by atoms with E-state index in [1.165, 1.54) is 70.6 Å². The van der Waals surface area contributed by atoms with Crippen molar-refractivity contribution < 1.29 is 24.6 Å². The minimum Gasteiger partial charge on any atom is -0.480 e. The Morgan fingerprint density at radius 2 is 1.18 bits per heavy atom. The first kappa shape index (κ1) is 45.9. The number of allylic oxidation sites excluding steroid dienone is 3. The highest BCUT2D eigenvalue weighted by molar-refractivity contribution is 5.84. The van der Waals surface area contributed by atoms with Gasteiger partial charge in [-0.05, 0) is 13.3 Å². The molecule has 0 rings (SSSR count). The molecule has 1 amide bonds. The minimum absolute atomic E-state index is 0.0615. The third-order valence-corrected chi connectivity index (χ3v) is 5.30. The number of carbonyl (C=O) groups is 3. The quantitative estimate of drug-likeness (QED) is 0.0762. The Morgan fingerprint density at radius 1 is 0.789 bits per heavy atom. The Bertz CT molecular complexity index is 492. The van der Waals surface area contributed by atoms with E-state index in [1.807, 2.05) is 46.8 Å². The van der Waals surface area contributed by atoms with Crippen molar-refractivity contribution in [1.29, 1.82) is 0 Å². The summed E-state index contributed by atoms with van der Waals surface area (Å²) in [6.07, 6.45) is 24.5. The van der Waals surface area contributed by atoms with Crippen LogP contribution in [0.1, 0.15) is 151 Å². The van der Waals surface area contributed by atoms with Gasteiger partial charge in [0.2, 0.25) is 5.91 Å². The molecule has 0 aliphatic rings. The van der Waals surface area contributed by atoms with Crippen LogP contribution in [-0.2, 0) is 14.4 Å². The number of amides is 1. The molecule has 0 aromatic rings. The number of rotatable bonds is 21. The average Bonchev–Trinajstić information content (AvgIpc) is 2.95. The zero-order valence-corrected chi connectivity index (χ0v) is 26.2. The maximum atomic E-state index is 11.5. The second-order valence-corrected chi connectivity index (χ2v) is 8.31. The van der Waals surface area contributed by atoms with Crippen molar-refractivity contribution in [3.63, 3.8) is 0 Å². The predicted octanol–water partition coefficient (Wildman–Crippen LogP) is 8.82. The topological polar surface area (TPSA) is 104 Å². The van der Waals surface area contributed by atoms with Gasteiger partial charge in [0.1, 0.15) is 12.3 Å². The van der Waals surface area contributed by atoms with Crippen LogP contribution in [0, 0.1) is 0 Å². The zero-order valence-electron chi connectivity index (χ0n) is 26.2. The molecule has 0 aliphatic carbocycles. The van der Waals surface area contributed by atoms with Gasteiger partial charge in [-0.1, -0.05) is 149 Å². The van der Waals surface area contributed by atoms with Crippen LogP contribution in [0.4, 0.5) is 0 Å². The molecular formula is C32H65NO5. The second-order valence-electron chi connectivity index (χ2n) is 8.31. The van der Waals surface area contributed by atoms with Crippen molar-refractivity contribution in [2.24, 2.45) is 0 Å². The molecular weight excluding hydrogens is 478 g/mol. The smallest absolute Gasteiger partial charge is 0.326 e. The van der Waals surface area contributed by atoms with Crippen LogP contribution >= 0.6 is 0 Å². The number of hydrogen-bond donors (Lipinski definition) is 3. The highest BCUT2D eigenvalue weighted by Gasteiger charge is 2.18. The third-order valence-electron chi connectivity index (χ3n) is 5.30. The number of carboxylic acids is 1. The molecule has 0 spiro atoms. The van der Waals surface area contributed by atoms with E-state index in [9.17, 15) is 14.4 Å². The summed E-state index contributed by atoms with van der Waals surface area (Å²) in [5.41, 5.74) is 0. The molecule has 38 heavy (non-hydrogen) atoms. The number of aliphatic carboxylic acids is 1. The molecule has 0 aliphatic heterocycles. The summed E-state index contributed by atoms with van der Waals surface area (Å²) < 4.78 is 0. The number of hydrogen-bond acceptors (Lipinski definition) is 4. The molecule has 0 aromatic carbocycles. The number of aldehydes is 1. The molecule has 0 heterocycles. The summed E-state index contributed by atoms with van der Waals surface area (Å²) in [5, 5.41) is 18.7. The van der Waals surface area contributed by atoms with Crippen LogP contribution in [0.2, 0.25) is 0 Å². The van der Waals surface area contributed by atoms with Crippen LogP contribution in [0.15, 0.2) is 24.8 Å². The number of unbranched alkanes of at least 4 members (excludes halogenated alkanes) is 13. The lowest BCUT2D eigenvalue weighted by molar-refractivity contribution is -0.142. The van der Waals surface area contributed by atoms with Gasteiger partial charge in [0, 0.05) is 20.0 Å². The Kier molecular flexibility index (Phi) is 58.2. The molecule has 228 valence electrons. The Balaban J connectivity index is -0.000000282. The van der Waals surface area contributed by atoms with Crippen LogP contribution < -0.4 is 5.32 Å². The van der Waals surface area contributed by atoms with Gasteiger partial charge in [-0.15, -0.1) is 0 Å². The van der Waals surface area contributed by atoms with Crippen molar-refractivity contribution in [3.05, 3.63) is 24.8 Å². The molecule has 0 radical (unpaired) electrons. The standard InChI is InChI=1S/C22H41NO4.C5H8.2C2H6.CH4O/c1-2-3-4-5-6-7-8-9-10-11-12-13-14-15-17-20(22(26)27)23-21(25)18-16-19-24;1-3-5-4-2;3*1-2/h19-20H,2-18H2,1H3,(H,23,25)(H,26,27);3-5H,1H2,2H3;2*1-2H3;2H,1H3/b;5-4-;;;. The van der Waals surface area contributed by atoms with Gasteiger partial charge in [-0.2, -0.15) is 0 Å². The fourth-order valence-electron chi connectivity index (χ4n) is 3.39. The first-order valence-electron chi connectivity index (χ1n) is 15.2. The molecule has 0 bridgehead atoms. The summed E-state index contributed by atoms with van der Waals surface area (Å²) in [7, 11) is 1.00. The molecule has 0 saturated carbocycles. The monoisotopic (exact) mass is 543 g/mol. The fraction of sp³-hybridized carbons (Fsp3) is 0.781. The Morgan fingerprint density at radius 3 is 1.47 bits per heavy atom. The predicted molar refractivity (Wildman–Crippen MR) is 166 cm³/mol. The van der Waals surface area contributed by atoms with Crippen molar-refractivity contribution >= 4 is 18.2 Å². The molecule has 1 unspecified atom stereocenters. The lowest BCUT2D eigenvalue weighted by atomic mass is 10.0. The first-order valence-corrected chi connectivity index (χ1v) is 15.2. The molecule has 6 nitrogen and oxygen atoms in total. The number of aliphatic hydroxyl groups excluding tert-OH is 1. The van der Waals surface area contributed by atoms with Crippen LogP contribution in [0.3, 0.4) is 0 Å². The van der Waals surface area contributed by atoms with E-state index >= 15 is 0 Å². The largest absolute Gasteiger partial charge is 0.480 e. The Labute approximate surface area is 236 Å². The highest BCUT2D eigenvalue weighted by Crippen LogP contribution is 2.14. The average molecular weight is 544 g/mol. The van der Waals surface area contributed by atoms with Gasteiger partial charge in [0.05, 0.1) is 0 Å². The molecule has 0 aromatic heterocycles. The maximum absolute atomic E-state index is 11.5. The van der Waals surface area contributed by atoms with E-state index < -0.39 is 12.0 Å². The van der Waals surface area contributed by atoms with Crippen LogP contribution in [-0.4, -0.2) is 41.5 Å². The van der Waals surface area contributed by atoms with E-state index in [1.54, 1.807) is 6.08 Å². The summed E-state index contributed by atoms with van der Waals surface area (Å²) >= 11 is 0. The molecule has 0 saturated heterocycles. The summed E-state index contributed by atoms with van der Waals surface area (Å²) in [4.78, 5) is 33.0. The SMILES string of the molecule is C=C/C=C\C.CC.CC.CCCCCCCCCCCCCCCCC(NC(=O)CCC=O)C(=O)O.CO. The Hall–Kier alpha value is -1.95. The van der Waals surface area contributed by atoms with Gasteiger partial charge in [-0.25, -0.2) is 4.79 Å². The summed E-state index contributed by atoms with van der Waals surface area (Å²) in [6.45, 7) is 15.7. The molecule has 3 N–H and O–H groups in total. The van der Waals surface area contributed by atoms with E-state index in [0.717, 1.165) is 26.4 Å². The van der Waals surface area contributed by atoms with E-state index in [-0.39, 0.29) is 18.7 Å². The van der Waals surface area contributed by atoms with Gasteiger partial charge < -0.3 is 20.3 Å². The lowest BCUT2D eigenvalue weighted by Gasteiger charge is -2.14. The van der Waals surface area contributed by atoms with Crippen molar-refractivity contribution in [2.75, 3.05) is 7.11 Å². The number of aliphatic hydroxyl groups is 1. The van der Waals surface area contributed by atoms with Gasteiger partial charge in [0.15, 0.2) is 0 Å². The zero-order chi connectivity index (χ0) is 30.3. The van der Waals surface area contributed by atoms with Gasteiger partial charge in [-0.3, -0.25) is 4.79 Å².